The number of thiol groups is 1. The molecule has 1 fully saturated rings. The highest BCUT2D eigenvalue weighted by Gasteiger charge is 2.38. The number of benzene rings is 1. The Bertz CT molecular complexity index is 888. The molecule has 0 spiro atoms. The lowest BCUT2D eigenvalue weighted by molar-refractivity contribution is -0.192. The van der Waals surface area contributed by atoms with Crippen molar-refractivity contribution in [2.45, 2.75) is 30.5 Å². The Hall–Kier alpha value is -2.54. The summed E-state index contributed by atoms with van der Waals surface area (Å²) in [5.41, 5.74) is -0.0168. The maximum atomic E-state index is 13.6. The third-order valence-electron chi connectivity index (χ3n) is 4.10. The van der Waals surface area contributed by atoms with Crippen LogP contribution >= 0.6 is 12.6 Å². The van der Waals surface area contributed by atoms with Crippen molar-refractivity contribution in [1.29, 1.82) is 0 Å². The SMILES string of the molecule is Fc1cc(F)c(COC[C@@H]2C[C@@H](S)CN2c2ncccn2)cc1F.O=C(O)C(F)(F)F. The first-order valence-corrected chi connectivity index (χ1v) is 9.23. The Labute approximate surface area is 178 Å². The summed E-state index contributed by atoms with van der Waals surface area (Å²) >= 11 is 4.49. The summed E-state index contributed by atoms with van der Waals surface area (Å²) in [6.45, 7) is 0.828. The van der Waals surface area contributed by atoms with Crippen LogP contribution in [0.1, 0.15) is 12.0 Å². The number of anilines is 1. The number of hydrogen-bond acceptors (Lipinski definition) is 6. The number of hydrogen-bond donors (Lipinski definition) is 2. The van der Waals surface area contributed by atoms with E-state index in [0.717, 1.165) is 12.5 Å². The smallest absolute Gasteiger partial charge is 0.475 e. The van der Waals surface area contributed by atoms with Crippen LogP contribution in [0.15, 0.2) is 30.6 Å². The average Bonchev–Trinajstić information content (AvgIpc) is 3.07. The number of halogens is 6. The number of aromatic nitrogens is 2. The zero-order chi connectivity index (χ0) is 23.2. The van der Waals surface area contributed by atoms with Crippen LogP contribution in [0.4, 0.5) is 32.3 Å². The second kappa shape index (κ2) is 10.7. The summed E-state index contributed by atoms with van der Waals surface area (Å²) in [7, 11) is 0. The number of alkyl halides is 3. The molecule has 170 valence electrons. The zero-order valence-electron chi connectivity index (χ0n) is 15.7. The Morgan fingerprint density at radius 3 is 2.32 bits per heavy atom. The van der Waals surface area contributed by atoms with Gasteiger partial charge in [0.1, 0.15) is 5.82 Å². The normalized spacial score (nSPS) is 18.5. The van der Waals surface area contributed by atoms with Gasteiger partial charge in [0, 0.05) is 35.8 Å². The van der Waals surface area contributed by atoms with E-state index in [1.807, 2.05) is 4.90 Å². The molecule has 1 aromatic heterocycles. The minimum atomic E-state index is -5.08. The monoisotopic (exact) mass is 469 g/mol. The highest BCUT2D eigenvalue weighted by Crippen LogP contribution is 2.26. The van der Waals surface area contributed by atoms with Crippen molar-refractivity contribution in [1.82, 2.24) is 9.97 Å². The van der Waals surface area contributed by atoms with Gasteiger partial charge in [0.05, 0.1) is 19.3 Å². The maximum Gasteiger partial charge on any atom is 0.490 e. The summed E-state index contributed by atoms with van der Waals surface area (Å²) in [6.07, 6.45) is -1.01. The summed E-state index contributed by atoms with van der Waals surface area (Å²) in [5.74, 6) is -5.30. The first-order valence-electron chi connectivity index (χ1n) is 8.72. The molecule has 1 N–H and O–H groups in total. The number of aliphatic carboxylic acids is 1. The number of carboxylic acids is 1. The third kappa shape index (κ3) is 7.28. The first-order chi connectivity index (χ1) is 14.5. The van der Waals surface area contributed by atoms with Gasteiger partial charge in [-0.25, -0.2) is 27.9 Å². The Kier molecular flexibility index (Phi) is 8.51. The molecule has 31 heavy (non-hydrogen) atoms. The van der Waals surface area contributed by atoms with E-state index >= 15 is 0 Å². The van der Waals surface area contributed by atoms with Crippen LogP contribution in [0.3, 0.4) is 0 Å². The third-order valence-corrected chi connectivity index (χ3v) is 4.48. The quantitative estimate of drug-likeness (QED) is 0.396. The molecule has 1 aliphatic rings. The van der Waals surface area contributed by atoms with Crippen molar-refractivity contribution in [3.05, 3.63) is 53.6 Å². The van der Waals surface area contributed by atoms with Gasteiger partial charge in [-0.1, -0.05) is 0 Å². The molecule has 0 amide bonds. The Morgan fingerprint density at radius 2 is 1.74 bits per heavy atom. The largest absolute Gasteiger partial charge is 0.490 e. The lowest BCUT2D eigenvalue weighted by Gasteiger charge is -2.24. The van der Waals surface area contributed by atoms with E-state index in [2.05, 4.69) is 22.6 Å². The van der Waals surface area contributed by atoms with E-state index < -0.39 is 29.6 Å². The molecule has 0 aliphatic carbocycles. The molecule has 6 nitrogen and oxygen atoms in total. The van der Waals surface area contributed by atoms with Gasteiger partial charge in [0.25, 0.3) is 0 Å². The Balaban J connectivity index is 0.000000423. The number of rotatable bonds is 5. The van der Waals surface area contributed by atoms with Gasteiger partial charge >= 0.3 is 12.1 Å². The van der Waals surface area contributed by atoms with Gasteiger partial charge in [0.2, 0.25) is 5.95 Å². The van der Waals surface area contributed by atoms with Crippen molar-refractivity contribution in [2.75, 3.05) is 18.1 Å². The molecule has 2 atom stereocenters. The lowest BCUT2D eigenvalue weighted by Crippen LogP contribution is -2.34. The molecule has 1 aromatic carbocycles. The zero-order valence-corrected chi connectivity index (χ0v) is 16.6. The van der Waals surface area contributed by atoms with Gasteiger partial charge in [0.15, 0.2) is 11.6 Å². The maximum absolute atomic E-state index is 13.6. The van der Waals surface area contributed by atoms with Gasteiger partial charge in [-0.05, 0) is 18.6 Å². The number of nitrogens with zero attached hydrogens (tertiary/aromatic N) is 3. The predicted molar refractivity (Wildman–Crippen MR) is 100 cm³/mol. The van der Waals surface area contributed by atoms with Crippen molar-refractivity contribution < 1.29 is 41.0 Å². The highest BCUT2D eigenvalue weighted by molar-refractivity contribution is 7.81. The molecule has 1 aliphatic heterocycles. The molecule has 0 unspecified atom stereocenters. The van der Waals surface area contributed by atoms with Crippen LogP contribution < -0.4 is 4.90 Å². The molecule has 2 aromatic rings. The number of carbonyl (C=O) groups is 1. The minimum Gasteiger partial charge on any atom is -0.475 e. The fourth-order valence-electron chi connectivity index (χ4n) is 2.71. The standard InChI is InChI=1S/C16H16F3N3OS.C2HF3O2/c17-13-6-15(19)14(18)4-10(13)8-23-9-11-5-12(24)7-22(11)16-20-2-1-3-21-16;3-2(4,5)1(6)7/h1-4,6,11-12,24H,5,7-9H2;(H,6,7)/t11-,12+;/m0./s1. The van der Waals surface area contributed by atoms with E-state index in [4.69, 9.17) is 14.6 Å². The first kappa shape index (κ1) is 24.7. The summed E-state index contributed by atoms with van der Waals surface area (Å²) in [6, 6.07) is 3.06. The summed E-state index contributed by atoms with van der Waals surface area (Å²) in [5, 5.41) is 7.28. The fraction of sp³-hybridized carbons (Fsp3) is 0.389. The molecule has 3 rings (SSSR count). The molecule has 0 saturated carbocycles. The second-order valence-electron chi connectivity index (χ2n) is 6.42. The van der Waals surface area contributed by atoms with Crippen LogP contribution in [-0.4, -0.2) is 51.7 Å². The van der Waals surface area contributed by atoms with E-state index in [-0.39, 0.29) is 30.1 Å². The van der Waals surface area contributed by atoms with Crippen LogP contribution in [0.25, 0.3) is 0 Å². The molecule has 1 saturated heterocycles. The topological polar surface area (TPSA) is 75.5 Å². The fourth-order valence-corrected chi connectivity index (χ4v) is 3.13. The molecule has 0 radical (unpaired) electrons. The van der Waals surface area contributed by atoms with Crippen molar-refractivity contribution >= 4 is 24.5 Å². The van der Waals surface area contributed by atoms with Crippen LogP contribution in [0, 0.1) is 17.5 Å². The molecule has 13 heteroatoms. The van der Waals surface area contributed by atoms with E-state index in [0.29, 0.717) is 18.6 Å². The van der Waals surface area contributed by atoms with Gasteiger partial charge in [-0.3, -0.25) is 0 Å². The summed E-state index contributed by atoms with van der Waals surface area (Å²) in [4.78, 5) is 19.3. The van der Waals surface area contributed by atoms with E-state index in [1.54, 1.807) is 18.5 Å². The Morgan fingerprint density at radius 1 is 1.16 bits per heavy atom. The minimum absolute atomic E-state index is 0.0109. The average molecular weight is 469 g/mol. The van der Waals surface area contributed by atoms with Crippen LogP contribution in [0.5, 0.6) is 0 Å². The van der Waals surface area contributed by atoms with E-state index in [9.17, 15) is 26.3 Å². The van der Waals surface area contributed by atoms with Gasteiger partial charge < -0.3 is 14.7 Å². The van der Waals surface area contributed by atoms with Crippen molar-refractivity contribution in [3.8, 4) is 0 Å². The lowest BCUT2D eigenvalue weighted by atomic mass is 10.2. The van der Waals surface area contributed by atoms with E-state index in [1.165, 1.54) is 0 Å². The number of carboxylic acid groups (broad SMARTS) is 1. The van der Waals surface area contributed by atoms with Crippen LogP contribution in [0.2, 0.25) is 0 Å². The molecular weight excluding hydrogens is 452 g/mol. The number of ether oxygens (including phenoxy) is 1. The summed E-state index contributed by atoms with van der Waals surface area (Å²) < 4.78 is 77.0. The second-order valence-corrected chi connectivity index (χ2v) is 7.15. The molecular formula is C18H17F6N3O3S. The molecule has 2 heterocycles. The van der Waals surface area contributed by atoms with Crippen molar-refractivity contribution in [2.24, 2.45) is 0 Å². The molecule has 0 bridgehead atoms. The van der Waals surface area contributed by atoms with Gasteiger partial charge in [-0.15, -0.1) is 0 Å². The van der Waals surface area contributed by atoms with Crippen molar-refractivity contribution in [3.63, 3.8) is 0 Å². The predicted octanol–water partition coefficient (Wildman–Crippen LogP) is 3.62. The van der Waals surface area contributed by atoms with Gasteiger partial charge in [-0.2, -0.15) is 25.8 Å². The van der Waals surface area contributed by atoms with Crippen LogP contribution in [-0.2, 0) is 16.1 Å². The highest BCUT2D eigenvalue weighted by atomic mass is 32.1.